The summed E-state index contributed by atoms with van der Waals surface area (Å²) in [5.74, 6) is -0.154. The molecule has 0 radical (unpaired) electrons. The van der Waals surface area contributed by atoms with E-state index in [0.29, 0.717) is 12.1 Å². The number of rotatable bonds is 5. The molecule has 0 aliphatic heterocycles. The molecule has 14 heavy (non-hydrogen) atoms. The Bertz CT molecular complexity index is 307. The summed E-state index contributed by atoms with van der Waals surface area (Å²) < 4.78 is 13.3. The molecule has 0 unspecified atom stereocenters. The zero-order chi connectivity index (χ0) is 10.4. The molecule has 0 heterocycles. The molecule has 1 aromatic carbocycles. The first kappa shape index (κ1) is 10.9. The minimum absolute atomic E-state index is 0.154. The van der Waals surface area contributed by atoms with Crippen molar-refractivity contribution in [2.24, 2.45) is 0 Å². The van der Waals surface area contributed by atoms with E-state index in [1.54, 1.807) is 12.1 Å². The fourth-order valence-electron chi connectivity index (χ4n) is 1.26. The third-order valence-electron chi connectivity index (χ3n) is 2.05. The average molecular weight is 193 g/mol. The first-order valence-electron chi connectivity index (χ1n) is 4.89. The van der Waals surface area contributed by atoms with Crippen LogP contribution in [0.2, 0.25) is 0 Å². The van der Waals surface area contributed by atoms with Crippen molar-refractivity contribution in [3.63, 3.8) is 0 Å². The maximum Gasteiger partial charge on any atom is 0.127 e. The quantitative estimate of drug-likeness (QED) is 0.709. The molecule has 1 nitrogen and oxygen atoms in total. The van der Waals surface area contributed by atoms with Crippen LogP contribution in [0, 0.1) is 5.82 Å². The molecule has 0 aromatic heterocycles. The highest BCUT2D eigenvalue weighted by molar-refractivity contribution is 5.48. The fourth-order valence-corrected chi connectivity index (χ4v) is 1.26. The Morgan fingerprint density at radius 3 is 2.93 bits per heavy atom. The first-order chi connectivity index (χ1) is 6.77. The van der Waals surface area contributed by atoms with Crippen molar-refractivity contribution < 1.29 is 4.39 Å². The van der Waals surface area contributed by atoms with Gasteiger partial charge in [0.25, 0.3) is 0 Å². The minimum atomic E-state index is -0.154. The van der Waals surface area contributed by atoms with Gasteiger partial charge in [-0.1, -0.05) is 25.6 Å². The molecule has 2 heteroatoms. The summed E-state index contributed by atoms with van der Waals surface area (Å²) in [6, 6.07) is 5.04. The van der Waals surface area contributed by atoms with E-state index < -0.39 is 0 Å². The van der Waals surface area contributed by atoms with Crippen LogP contribution in [-0.4, -0.2) is 6.54 Å². The number of halogens is 1. The van der Waals surface area contributed by atoms with Crippen LogP contribution in [0.3, 0.4) is 0 Å². The predicted octanol–water partition coefficient (Wildman–Crippen LogP) is 2.97. The van der Waals surface area contributed by atoms with Crippen LogP contribution in [0.25, 0.3) is 6.08 Å². The highest BCUT2D eigenvalue weighted by Crippen LogP contribution is 2.11. The van der Waals surface area contributed by atoms with E-state index in [4.69, 9.17) is 0 Å². The lowest BCUT2D eigenvalue weighted by atomic mass is 10.1. The molecule has 0 spiro atoms. The molecule has 0 aliphatic carbocycles. The Morgan fingerprint density at radius 2 is 2.29 bits per heavy atom. The zero-order valence-electron chi connectivity index (χ0n) is 8.52. The van der Waals surface area contributed by atoms with E-state index in [9.17, 15) is 4.39 Å². The summed E-state index contributed by atoms with van der Waals surface area (Å²) in [6.45, 7) is 7.24. The molecule has 0 saturated heterocycles. The van der Waals surface area contributed by atoms with Crippen molar-refractivity contribution in [1.82, 2.24) is 5.32 Å². The van der Waals surface area contributed by atoms with Gasteiger partial charge in [0.05, 0.1) is 0 Å². The molecule has 76 valence electrons. The molecule has 0 saturated carbocycles. The molecule has 1 aromatic rings. The van der Waals surface area contributed by atoms with E-state index >= 15 is 0 Å². The van der Waals surface area contributed by atoms with Gasteiger partial charge in [0.15, 0.2) is 0 Å². The van der Waals surface area contributed by atoms with Crippen molar-refractivity contribution >= 4 is 6.08 Å². The predicted molar refractivity (Wildman–Crippen MR) is 58.5 cm³/mol. The largest absolute Gasteiger partial charge is 0.313 e. The van der Waals surface area contributed by atoms with Crippen molar-refractivity contribution in [3.8, 4) is 0 Å². The van der Waals surface area contributed by atoms with E-state index in [0.717, 1.165) is 18.5 Å². The van der Waals surface area contributed by atoms with Crippen LogP contribution < -0.4 is 5.32 Å². The molecule has 0 atom stereocenters. The van der Waals surface area contributed by atoms with Gasteiger partial charge in [-0.15, -0.1) is 0 Å². The topological polar surface area (TPSA) is 12.0 Å². The highest BCUT2D eigenvalue weighted by atomic mass is 19.1. The van der Waals surface area contributed by atoms with Crippen molar-refractivity contribution in [3.05, 3.63) is 41.7 Å². The molecule has 1 N–H and O–H groups in total. The summed E-state index contributed by atoms with van der Waals surface area (Å²) in [5.41, 5.74) is 1.66. The van der Waals surface area contributed by atoms with Crippen molar-refractivity contribution in [2.45, 2.75) is 19.9 Å². The van der Waals surface area contributed by atoms with Crippen molar-refractivity contribution in [1.29, 1.82) is 0 Å². The molecule has 1 rings (SSSR count). The minimum Gasteiger partial charge on any atom is -0.313 e. The van der Waals surface area contributed by atoms with Gasteiger partial charge < -0.3 is 5.32 Å². The van der Waals surface area contributed by atoms with Gasteiger partial charge in [-0.3, -0.25) is 0 Å². The second-order valence-electron chi connectivity index (χ2n) is 3.23. The Labute approximate surface area is 84.6 Å². The second kappa shape index (κ2) is 5.55. The van der Waals surface area contributed by atoms with Gasteiger partial charge in [-0.05, 0) is 30.7 Å². The lowest BCUT2D eigenvalue weighted by molar-refractivity contribution is 0.586. The third-order valence-corrected chi connectivity index (χ3v) is 2.05. The fraction of sp³-hybridized carbons (Fsp3) is 0.333. The van der Waals surface area contributed by atoms with Crippen LogP contribution in [0.1, 0.15) is 24.5 Å². The Kier molecular flexibility index (Phi) is 4.33. The average Bonchev–Trinajstić information content (AvgIpc) is 2.21. The molecule has 0 amide bonds. The normalized spacial score (nSPS) is 10.1. The number of nitrogens with one attached hydrogen (secondary N) is 1. The number of hydrogen-bond acceptors (Lipinski definition) is 1. The zero-order valence-corrected chi connectivity index (χ0v) is 8.52. The Morgan fingerprint density at radius 1 is 1.50 bits per heavy atom. The molecule has 0 fully saturated rings. The van der Waals surface area contributed by atoms with E-state index in [1.165, 1.54) is 6.07 Å². The molecule has 0 aliphatic rings. The maximum atomic E-state index is 13.3. The van der Waals surface area contributed by atoms with Gasteiger partial charge in [-0.25, -0.2) is 4.39 Å². The Hall–Kier alpha value is -1.15. The summed E-state index contributed by atoms with van der Waals surface area (Å²) in [4.78, 5) is 0. The van der Waals surface area contributed by atoms with Gasteiger partial charge >= 0.3 is 0 Å². The monoisotopic (exact) mass is 193 g/mol. The van der Waals surface area contributed by atoms with Gasteiger partial charge in [-0.2, -0.15) is 0 Å². The van der Waals surface area contributed by atoms with Crippen LogP contribution in [0.4, 0.5) is 4.39 Å². The number of benzene rings is 1. The first-order valence-corrected chi connectivity index (χ1v) is 4.89. The SMILES string of the molecule is C=Cc1ccc(F)c(CNCCC)c1. The second-order valence-corrected chi connectivity index (χ2v) is 3.23. The van der Waals surface area contributed by atoms with Crippen LogP contribution in [0.15, 0.2) is 24.8 Å². The van der Waals surface area contributed by atoms with Gasteiger partial charge in [0.2, 0.25) is 0 Å². The lowest BCUT2D eigenvalue weighted by Gasteiger charge is -2.05. The van der Waals surface area contributed by atoms with Crippen LogP contribution in [-0.2, 0) is 6.54 Å². The van der Waals surface area contributed by atoms with Gasteiger partial charge in [0, 0.05) is 12.1 Å². The maximum absolute atomic E-state index is 13.3. The summed E-state index contributed by atoms with van der Waals surface area (Å²) in [5, 5.41) is 3.17. The molecular weight excluding hydrogens is 177 g/mol. The molecular formula is C12H16FN. The smallest absolute Gasteiger partial charge is 0.127 e. The third kappa shape index (κ3) is 2.96. The highest BCUT2D eigenvalue weighted by Gasteiger charge is 2.01. The standard InChI is InChI=1S/C12H16FN/c1-3-7-14-9-11-8-10(4-2)5-6-12(11)13/h4-6,8,14H,2-3,7,9H2,1H3. The van der Waals surface area contributed by atoms with E-state index in [2.05, 4.69) is 18.8 Å². The van der Waals surface area contributed by atoms with Crippen LogP contribution >= 0.6 is 0 Å². The van der Waals surface area contributed by atoms with Gasteiger partial charge in [0.1, 0.15) is 5.82 Å². The lowest BCUT2D eigenvalue weighted by Crippen LogP contribution is -2.14. The summed E-state index contributed by atoms with van der Waals surface area (Å²) >= 11 is 0. The van der Waals surface area contributed by atoms with E-state index in [1.807, 2.05) is 6.07 Å². The molecule has 0 bridgehead atoms. The number of hydrogen-bond donors (Lipinski definition) is 1. The Balaban J connectivity index is 2.68. The summed E-state index contributed by atoms with van der Waals surface area (Å²) in [7, 11) is 0. The van der Waals surface area contributed by atoms with Crippen LogP contribution in [0.5, 0.6) is 0 Å². The summed E-state index contributed by atoms with van der Waals surface area (Å²) in [6.07, 6.45) is 2.78. The van der Waals surface area contributed by atoms with E-state index in [-0.39, 0.29) is 5.82 Å². The van der Waals surface area contributed by atoms with Crippen molar-refractivity contribution in [2.75, 3.05) is 6.54 Å².